The number of rotatable bonds is 15. The summed E-state index contributed by atoms with van der Waals surface area (Å²) in [5.41, 5.74) is -0.523. The van der Waals surface area contributed by atoms with E-state index in [2.05, 4.69) is 4.90 Å². The number of hydrogen-bond donors (Lipinski definition) is 1. The van der Waals surface area contributed by atoms with Crippen LogP contribution in [-0.4, -0.2) is 52.9 Å². The van der Waals surface area contributed by atoms with E-state index in [1.807, 2.05) is 0 Å². The summed E-state index contributed by atoms with van der Waals surface area (Å²) in [6.07, 6.45) is 11.6. The Morgan fingerprint density at radius 3 is 2.55 bits per heavy atom. The molecule has 1 aromatic rings. The van der Waals surface area contributed by atoms with Crippen molar-refractivity contribution in [2.75, 3.05) is 19.8 Å². The number of nitro groups is 1. The van der Waals surface area contributed by atoms with Gasteiger partial charge in [-0.05, 0) is 44.6 Å². The van der Waals surface area contributed by atoms with Gasteiger partial charge >= 0.3 is 0 Å². The average molecular weight is 483 g/mol. The minimum atomic E-state index is -0.650. The van der Waals surface area contributed by atoms with Crippen LogP contribution in [0.5, 0.6) is 5.75 Å². The number of carbonyl (C=O) groups is 2. The number of aliphatic hydroxyl groups excluding tert-OH is 1. The molecule has 1 N–H and O–H groups in total. The lowest BCUT2D eigenvalue weighted by Crippen LogP contribution is -2.42. The highest BCUT2D eigenvalue weighted by Gasteiger charge is 2.24. The molecule has 1 fully saturated rings. The molecule has 1 saturated carbocycles. The number of aliphatic hydroxyl groups is 1. The Balaban J connectivity index is 1.71. The molecule has 184 valence electrons. The first-order valence-electron chi connectivity index (χ1n) is 11.9. The van der Waals surface area contributed by atoms with Crippen LogP contribution in [0.1, 0.15) is 87.4 Å². The van der Waals surface area contributed by atoms with Gasteiger partial charge in [-0.2, -0.15) is 0 Å². The van der Waals surface area contributed by atoms with Crippen molar-refractivity contribution in [3.8, 4) is 5.75 Å². The van der Waals surface area contributed by atoms with Crippen molar-refractivity contribution in [1.82, 2.24) is 4.90 Å². The molecule has 0 unspecified atom stereocenters. The largest absolute Gasteiger partial charge is 0.492 e. The zero-order valence-electron chi connectivity index (χ0n) is 19.2. The smallest absolute Gasteiger partial charge is 0.281 e. The number of unbranched alkanes of at least 4 members (excludes halogenated alkanes) is 4. The third kappa shape index (κ3) is 8.59. The first-order chi connectivity index (χ1) is 16.0. The Hall–Kier alpha value is -2.19. The van der Waals surface area contributed by atoms with Crippen LogP contribution < -0.4 is 4.74 Å². The van der Waals surface area contributed by atoms with Gasteiger partial charge in [0.2, 0.25) is 5.91 Å². The predicted molar refractivity (Wildman–Crippen MR) is 127 cm³/mol. The van der Waals surface area contributed by atoms with Gasteiger partial charge in [0.25, 0.3) is 5.69 Å². The summed E-state index contributed by atoms with van der Waals surface area (Å²) < 4.78 is 5.61. The molecule has 2 rings (SSSR count). The summed E-state index contributed by atoms with van der Waals surface area (Å²) >= 11 is 6.08. The topological polar surface area (TPSA) is 110 Å². The molecule has 1 aliphatic rings. The molecular formula is C24H35ClN2O6. The van der Waals surface area contributed by atoms with Gasteiger partial charge < -0.3 is 14.7 Å². The van der Waals surface area contributed by atoms with Crippen molar-refractivity contribution >= 4 is 29.5 Å². The standard InChI is InChI=1S/C24H35ClN2O6/c25-24-20(18-29)21(27(31)32)13-14-22(24)33-17-9-2-1-6-12-23(30)26(15-7-8-16-28)19-10-4-3-5-11-19/h13-14,18-19,28H,1-12,15-17H2. The van der Waals surface area contributed by atoms with Crippen LogP contribution in [0.2, 0.25) is 5.02 Å². The second kappa shape index (κ2) is 14.9. The number of hydrogen-bond acceptors (Lipinski definition) is 6. The van der Waals surface area contributed by atoms with E-state index in [-0.39, 0.29) is 34.5 Å². The van der Waals surface area contributed by atoms with Gasteiger partial charge in [0, 0.05) is 31.7 Å². The first kappa shape index (κ1) is 27.1. The summed E-state index contributed by atoms with van der Waals surface area (Å²) in [6, 6.07) is 2.97. The number of aldehydes is 1. The molecule has 0 atom stereocenters. The van der Waals surface area contributed by atoms with E-state index in [0.717, 1.165) is 57.9 Å². The fourth-order valence-corrected chi connectivity index (χ4v) is 4.56. The Bertz CT molecular complexity index is 782. The minimum Gasteiger partial charge on any atom is -0.492 e. The third-order valence-electron chi connectivity index (χ3n) is 6.12. The van der Waals surface area contributed by atoms with Gasteiger partial charge in [-0.1, -0.05) is 43.7 Å². The zero-order valence-corrected chi connectivity index (χ0v) is 19.9. The van der Waals surface area contributed by atoms with E-state index in [1.165, 1.54) is 31.4 Å². The molecule has 0 spiro atoms. The summed E-state index contributed by atoms with van der Waals surface area (Å²) in [4.78, 5) is 36.3. The molecule has 33 heavy (non-hydrogen) atoms. The SMILES string of the molecule is O=Cc1c([N+](=O)[O-])ccc(OCCCCCCC(=O)N(CCCCO)C2CCCCC2)c1Cl. The molecule has 0 aromatic heterocycles. The normalized spacial score (nSPS) is 14.1. The van der Waals surface area contributed by atoms with E-state index < -0.39 is 4.92 Å². The summed E-state index contributed by atoms with van der Waals surface area (Å²) in [5.74, 6) is 0.473. The average Bonchev–Trinajstić information content (AvgIpc) is 2.82. The molecule has 0 radical (unpaired) electrons. The van der Waals surface area contributed by atoms with Crippen molar-refractivity contribution in [3.05, 3.63) is 32.8 Å². The van der Waals surface area contributed by atoms with Crippen molar-refractivity contribution < 1.29 is 24.4 Å². The quantitative estimate of drug-likeness (QED) is 0.157. The maximum Gasteiger partial charge on any atom is 0.281 e. The van der Waals surface area contributed by atoms with E-state index in [1.54, 1.807) is 0 Å². The van der Waals surface area contributed by atoms with Crippen molar-refractivity contribution in [2.24, 2.45) is 0 Å². The minimum absolute atomic E-state index is 0.0474. The van der Waals surface area contributed by atoms with E-state index in [0.29, 0.717) is 25.4 Å². The highest BCUT2D eigenvalue weighted by atomic mass is 35.5. The number of ether oxygens (including phenoxy) is 1. The van der Waals surface area contributed by atoms with Crippen LogP contribution in [0.4, 0.5) is 5.69 Å². The van der Waals surface area contributed by atoms with Crippen molar-refractivity contribution in [3.63, 3.8) is 0 Å². The molecule has 1 aromatic carbocycles. The molecule has 1 aliphatic carbocycles. The van der Waals surface area contributed by atoms with Crippen LogP contribution in [-0.2, 0) is 4.79 Å². The lowest BCUT2D eigenvalue weighted by atomic mass is 9.93. The first-order valence-corrected chi connectivity index (χ1v) is 12.3. The van der Waals surface area contributed by atoms with E-state index in [9.17, 15) is 19.7 Å². The number of nitro benzene ring substituents is 1. The second-order valence-corrected chi connectivity index (χ2v) is 8.89. The van der Waals surface area contributed by atoms with Gasteiger partial charge in [0.15, 0.2) is 6.29 Å². The van der Waals surface area contributed by atoms with E-state index in [4.69, 9.17) is 21.4 Å². The van der Waals surface area contributed by atoms with Gasteiger partial charge in [0.1, 0.15) is 16.3 Å². The van der Waals surface area contributed by atoms with Crippen LogP contribution in [0.3, 0.4) is 0 Å². The Kier molecular flexibility index (Phi) is 12.2. The molecule has 8 nitrogen and oxygen atoms in total. The molecule has 0 saturated heterocycles. The number of carbonyl (C=O) groups excluding carboxylic acids is 2. The van der Waals surface area contributed by atoms with E-state index >= 15 is 0 Å². The van der Waals surface area contributed by atoms with Gasteiger partial charge in [-0.15, -0.1) is 0 Å². The predicted octanol–water partition coefficient (Wildman–Crippen LogP) is 5.32. The molecule has 0 bridgehead atoms. The van der Waals surface area contributed by atoms with Gasteiger partial charge in [-0.3, -0.25) is 19.7 Å². The van der Waals surface area contributed by atoms with Crippen LogP contribution >= 0.6 is 11.6 Å². The highest BCUT2D eigenvalue weighted by Crippen LogP contribution is 2.33. The Morgan fingerprint density at radius 2 is 1.88 bits per heavy atom. The number of amides is 1. The van der Waals surface area contributed by atoms with Crippen LogP contribution in [0.25, 0.3) is 0 Å². The Labute approximate surface area is 200 Å². The van der Waals surface area contributed by atoms with Crippen molar-refractivity contribution in [2.45, 2.75) is 83.1 Å². The Morgan fingerprint density at radius 1 is 1.15 bits per heavy atom. The highest BCUT2D eigenvalue weighted by molar-refractivity contribution is 6.34. The monoisotopic (exact) mass is 482 g/mol. The fourth-order valence-electron chi connectivity index (χ4n) is 4.30. The van der Waals surface area contributed by atoms with Gasteiger partial charge in [-0.25, -0.2) is 0 Å². The van der Waals surface area contributed by atoms with Crippen molar-refractivity contribution in [1.29, 1.82) is 0 Å². The summed E-state index contributed by atoms with van der Waals surface area (Å²) in [7, 11) is 0. The summed E-state index contributed by atoms with van der Waals surface area (Å²) in [5, 5.41) is 20.0. The summed E-state index contributed by atoms with van der Waals surface area (Å²) in [6.45, 7) is 1.27. The number of nitrogens with zero attached hydrogens (tertiary/aromatic N) is 2. The number of benzene rings is 1. The molecule has 1 amide bonds. The lowest BCUT2D eigenvalue weighted by molar-refractivity contribution is -0.385. The maximum absolute atomic E-state index is 12.8. The van der Waals surface area contributed by atoms with Gasteiger partial charge in [0.05, 0.1) is 11.5 Å². The maximum atomic E-state index is 12.8. The zero-order chi connectivity index (χ0) is 24.1. The molecule has 0 heterocycles. The van der Waals surface area contributed by atoms with Crippen LogP contribution in [0, 0.1) is 10.1 Å². The third-order valence-corrected chi connectivity index (χ3v) is 6.51. The fraction of sp³-hybridized carbons (Fsp3) is 0.667. The molecule has 0 aliphatic heterocycles. The molecular weight excluding hydrogens is 448 g/mol. The lowest BCUT2D eigenvalue weighted by Gasteiger charge is -2.34. The molecule has 9 heteroatoms. The number of halogens is 1. The van der Waals surface area contributed by atoms with Crippen LogP contribution in [0.15, 0.2) is 12.1 Å². The second-order valence-electron chi connectivity index (χ2n) is 8.51.